The first-order valence-electron chi connectivity index (χ1n) is 6.68. The van der Waals surface area contributed by atoms with E-state index in [1.807, 2.05) is 6.92 Å². The molecule has 1 aliphatic heterocycles. The zero-order valence-corrected chi connectivity index (χ0v) is 12.6. The Morgan fingerprint density at radius 2 is 1.72 bits per heavy atom. The van der Waals surface area contributed by atoms with E-state index in [1.165, 1.54) is 0 Å². The second kappa shape index (κ2) is 5.04. The van der Waals surface area contributed by atoms with Gasteiger partial charge in [-0.25, -0.2) is 4.79 Å². The molecule has 0 aromatic carbocycles. The van der Waals surface area contributed by atoms with Crippen LogP contribution < -0.4 is 5.32 Å². The molecule has 0 radical (unpaired) electrons. The third-order valence-electron chi connectivity index (χ3n) is 3.53. The summed E-state index contributed by atoms with van der Waals surface area (Å²) in [7, 11) is 0. The summed E-state index contributed by atoms with van der Waals surface area (Å²) in [5.41, 5.74) is 0.626. The molecule has 0 saturated carbocycles. The number of carbonyl (C=O) groups is 1. The first kappa shape index (κ1) is 15.2. The summed E-state index contributed by atoms with van der Waals surface area (Å²) in [4.78, 5) is 11.6. The lowest BCUT2D eigenvalue weighted by molar-refractivity contribution is -0.147. The average Bonchev–Trinajstić information content (AvgIpc) is 2.12. The van der Waals surface area contributed by atoms with Gasteiger partial charge in [-0.2, -0.15) is 0 Å². The fraction of sp³-hybridized carbons (Fsp3) is 0.800. The second-order valence-corrected chi connectivity index (χ2v) is 6.95. The van der Waals surface area contributed by atoms with Gasteiger partial charge in [0.05, 0.1) is 0 Å². The molecular formula is C15H27NO2. The normalized spacial score (nSPS) is 24.3. The maximum Gasteiger partial charge on any atom is 0.333 e. The molecule has 1 saturated heterocycles. The standard InChI is InChI=1S/C15H27NO2/c1-10(2)13(17)18-11(3)12-8-14(4,5)16-15(6,7)9-12/h11-12,16H,1,8-9H2,2-7H3. The van der Waals surface area contributed by atoms with E-state index in [1.54, 1.807) is 6.92 Å². The third kappa shape index (κ3) is 4.13. The maximum absolute atomic E-state index is 11.6. The van der Waals surface area contributed by atoms with E-state index in [4.69, 9.17) is 4.74 Å². The van der Waals surface area contributed by atoms with Crippen LogP contribution in [0.2, 0.25) is 0 Å². The van der Waals surface area contributed by atoms with Gasteiger partial charge in [0.25, 0.3) is 0 Å². The lowest BCUT2D eigenvalue weighted by Crippen LogP contribution is -2.59. The predicted molar refractivity (Wildman–Crippen MR) is 74.4 cm³/mol. The Labute approximate surface area is 111 Å². The molecule has 1 N–H and O–H groups in total. The molecule has 0 amide bonds. The van der Waals surface area contributed by atoms with Crippen molar-refractivity contribution in [2.24, 2.45) is 5.92 Å². The summed E-state index contributed by atoms with van der Waals surface area (Å²) in [6.07, 6.45) is 1.97. The molecule has 0 aromatic heterocycles. The molecule has 0 spiro atoms. The molecule has 1 atom stereocenters. The van der Waals surface area contributed by atoms with E-state index < -0.39 is 0 Å². The van der Waals surface area contributed by atoms with Gasteiger partial charge in [-0.05, 0) is 60.3 Å². The molecular weight excluding hydrogens is 226 g/mol. The summed E-state index contributed by atoms with van der Waals surface area (Å²) in [5, 5.41) is 3.63. The van der Waals surface area contributed by atoms with Crippen LogP contribution in [0.3, 0.4) is 0 Å². The zero-order chi connectivity index (χ0) is 14.1. The van der Waals surface area contributed by atoms with Gasteiger partial charge in [-0.3, -0.25) is 0 Å². The van der Waals surface area contributed by atoms with E-state index in [0.29, 0.717) is 11.5 Å². The van der Waals surface area contributed by atoms with Crippen LogP contribution in [0, 0.1) is 5.92 Å². The number of esters is 1. The Kier molecular flexibility index (Phi) is 4.26. The van der Waals surface area contributed by atoms with E-state index in [-0.39, 0.29) is 23.2 Å². The fourth-order valence-corrected chi connectivity index (χ4v) is 3.10. The molecule has 18 heavy (non-hydrogen) atoms. The van der Waals surface area contributed by atoms with Crippen molar-refractivity contribution in [1.82, 2.24) is 5.32 Å². The first-order valence-corrected chi connectivity index (χ1v) is 6.68. The molecule has 1 fully saturated rings. The van der Waals surface area contributed by atoms with Crippen LogP contribution in [0.15, 0.2) is 12.2 Å². The average molecular weight is 253 g/mol. The summed E-state index contributed by atoms with van der Waals surface area (Å²) < 4.78 is 5.47. The van der Waals surface area contributed by atoms with Crippen LogP contribution in [0.5, 0.6) is 0 Å². The Balaban J connectivity index is 2.70. The van der Waals surface area contributed by atoms with Crippen LogP contribution in [0.25, 0.3) is 0 Å². The monoisotopic (exact) mass is 253 g/mol. The highest BCUT2D eigenvalue weighted by Crippen LogP contribution is 2.35. The lowest BCUT2D eigenvalue weighted by atomic mass is 9.74. The molecule has 0 aromatic rings. The van der Waals surface area contributed by atoms with Crippen molar-refractivity contribution in [1.29, 1.82) is 0 Å². The Morgan fingerprint density at radius 1 is 1.28 bits per heavy atom. The van der Waals surface area contributed by atoms with Crippen LogP contribution in [-0.2, 0) is 9.53 Å². The van der Waals surface area contributed by atoms with Gasteiger partial charge in [0.15, 0.2) is 0 Å². The minimum absolute atomic E-state index is 0.0603. The van der Waals surface area contributed by atoms with E-state index in [0.717, 1.165) is 12.8 Å². The quantitative estimate of drug-likeness (QED) is 0.620. The van der Waals surface area contributed by atoms with Gasteiger partial charge >= 0.3 is 5.97 Å². The number of piperidine rings is 1. The molecule has 3 heteroatoms. The van der Waals surface area contributed by atoms with Crippen molar-refractivity contribution in [2.45, 2.75) is 71.6 Å². The molecule has 0 bridgehead atoms. The molecule has 1 unspecified atom stereocenters. The van der Waals surface area contributed by atoms with E-state index >= 15 is 0 Å². The van der Waals surface area contributed by atoms with E-state index in [2.05, 4.69) is 39.6 Å². The molecule has 0 aliphatic carbocycles. The van der Waals surface area contributed by atoms with E-state index in [9.17, 15) is 4.79 Å². The Bertz CT molecular complexity index is 328. The number of ether oxygens (including phenoxy) is 1. The SMILES string of the molecule is C=C(C)C(=O)OC(C)C1CC(C)(C)NC(C)(C)C1. The van der Waals surface area contributed by atoms with Gasteiger partial charge in [0.2, 0.25) is 0 Å². The van der Waals surface area contributed by atoms with Crippen LogP contribution >= 0.6 is 0 Å². The van der Waals surface area contributed by atoms with Gasteiger partial charge in [0.1, 0.15) is 6.10 Å². The lowest BCUT2D eigenvalue weighted by Gasteiger charge is -2.47. The zero-order valence-electron chi connectivity index (χ0n) is 12.6. The Morgan fingerprint density at radius 3 is 2.11 bits per heavy atom. The summed E-state index contributed by atoms with van der Waals surface area (Å²) in [5.74, 6) is 0.108. The minimum atomic E-state index is -0.281. The van der Waals surface area contributed by atoms with Gasteiger partial charge in [-0.1, -0.05) is 6.58 Å². The smallest absolute Gasteiger partial charge is 0.333 e. The molecule has 1 rings (SSSR count). The summed E-state index contributed by atoms with van der Waals surface area (Å²) in [6.45, 7) is 16.1. The van der Waals surface area contributed by atoms with Crippen molar-refractivity contribution in [2.75, 3.05) is 0 Å². The fourth-order valence-electron chi connectivity index (χ4n) is 3.10. The molecule has 3 nitrogen and oxygen atoms in total. The summed E-state index contributed by atoms with van der Waals surface area (Å²) in [6, 6.07) is 0. The van der Waals surface area contributed by atoms with Crippen molar-refractivity contribution in [3.63, 3.8) is 0 Å². The highest BCUT2D eigenvalue weighted by Gasteiger charge is 2.40. The highest BCUT2D eigenvalue weighted by atomic mass is 16.5. The predicted octanol–water partition coefficient (Wildman–Crippen LogP) is 3.05. The number of carbonyl (C=O) groups excluding carboxylic acids is 1. The molecule has 104 valence electrons. The number of hydrogen-bond acceptors (Lipinski definition) is 3. The topological polar surface area (TPSA) is 38.3 Å². The minimum Gasteiger partial charge on any atom is -0.459 e. The van der Waals surface area contributed by atoms with Gasteiger partial charge < -0.3 is 10.1 Å². The number of nitrogens with one attached hydrogen (secondary N) is 1. The molecule has 1 heterocycles. The largest absolute Gasteiger partial charge is 0.459 e. The van der Waals surface area contributed by atoms with Crippen molar-refractivity contribution >= 4 is 5.97 Å². The second-order valence-electron chi connectivity index (χ2n) is 6.95. The maximum atomic E-state index is 11.6. The van der Waals surface area contributed by atoms with Crippen molar-refractivity contribution in [3.05, 3.63) is 12.2 Å². The third-order valence-corrected chi connectivity index (χ3v) is 3.53. The highest BCUT2D eigenvalue weighted by molar-refractivity contribution is 5.87. The van der Waals surface area contributed by atoms with Gasteiger partial charge in [-0.15, -0.1) is 0 Å². The van der Waals surface area contributed by atoms with Crippen LogP contribution in [0.1, 0.15) is 54.4 Å². The van der Waals surface area contributed by atoms with Crippen molar-refractivity contribution in [3.8, 4) is 0 Å². The summed E-state index contributed by atoms with van der Waals surface area (Å²) >= 11 is 0. The first-order chi connectivity index (χ1) is 8.02. The number of hydrogen-bond donors (Lipinski definition) is 1. The van der Waals surface area contributed by atoms with Crippen molar-refractivity contribution < 1.29 is 9.53 Å². The Hall–Kier alpha value is -0.830. The van der Waals surface area contributed by atoms with Gasteiger partial charge in [0, 0.05) is 16.7 Å². The molecule has 1 aliphatic rings. The number of rotatable bonds is 3. The van der Waals surface area contributed by atoms with Crippen LogP contribution in [0.4, 0.5) is 0 Å². The van der Waals surface area contributed by atoms with Crippen LogP contribution in [-0.4, -0.2) is 23.2 Å².